The molecule has 1 aliphatic heterocycles. The van der Waals surface area contributed by atoms with Crippen molar-refractivity contribution in [3.05, 3.63) is 33.9 Å². The van der Waals surface area contributed by atoms with E-state index in [0.29, 0.717) is 59.2 Å². The van der Waals surface area contributed by atoms with Crippen molar-refractivity contribution in [2.45, 2.75) is 13.5 Å². The standard InChI is InChI=1S/C19H22Cl2N8O2/c1-12-17(21)18(19-22-25-26(2)24-19)23-29(12)11-16(30)28-8-6-27(7-9-28)13-4-5-14(20)15(10-13)31-3/h4-5,10H,6-9,11H2,1-3H3. The summed E-state index contributed by atoms with van der Waals surface area (Å²) in [6.45, 7) is 4.55. The zero-order valence-electron chi connectivity index (χ0n) is 17.4. The predicted octanol–water partition coefficient (Wildman–Crippen LogP) is 2.05. The lowest BCUT2D eigenvalue weighted by Crippen LogP contribution is -2.49. The first kappa shape index (κ1) is 21.4. The summed E-state index contributed by atoms with van der Waals surface area (Å²) in [5.41, 5.74) is 2.12. The van der Waals surface area contributed by atoms with Crippen LogP contribution in [0.1, 0.15) is 5.69 Å². The van der Waals surface area contributed by atoms with Gasteiger partial charge in [-0.05, 0) is 24.3 Å². The number of amides is 1. The van der Waals surface area contributed by atoms with E-state index in [1.165, 1.54) is 4.80 Å². The number of anilines is 1. The predicted molar refractivity (Wildman–Crippen MR) is 117 cm³/mol. The number of rotatable bonds is 5. The maximum absolute atomic E-state index is 12.9. The van der Waals surface area contributed by atoms with Crippen LogP contribution in [0.3, 0.4) is 0 Å². The van der Waals surface area contributed by atoms with E-state index in [1.807, 2.05) is 30.0 Å². The second kappa shape index (κ2) is 8.72. The van der Waals surface area contributed by atoms with Crippen LogP contribution in [0.2, 0.25) is 10.0 Å². The molecule has 3 heterocycles. The molecular weight excluding hydrogens is 443 g/mol. The first-order valence-electron chi connectivity index (χ1n) is 9.71. The number of hydrogen-bond donors (Lipinski definition) is 0. The molecule has 0 aliphatic carbocycles. The average molecular weight is 465 g/mol. The first-order chi connectivity index (χ1) is 14.9. The smallest absolute Gasteiger partial charge is 0.244 e. The van der Waals surface area contributed by atoms with Crippen molar-refractivity contribution in [3.8, 4) is 17.3 Å². The molecule has 0 atom stereocenters. The van der Waals surface area contributed by atoms with E-state index < -0.39 is 0 Å². The molecule has 1 fully saturated rings. The minimum atomic E-state index is -0.0192. The maximum atomic E-state index is 12.9. The summed E-state index contributed by atoms with van der Waals surface area (Å²) in [7, 11) is 3.26. The molecule has 4 rings (SSSR count). The number of carbonyl (C=O) groups is 1. The Hall–Kier alpha value is -2.85. The third kappa shape index (κ3) is 4.31. The van der Waals surface area contributed by atoms with Gasteiger partial charge in [-0.3, -0.25) is 9.48 Å². The van der Waals surface area contributed by atoms with E-state index in [4.69, 9.17) is 27.9 Å². The van der Waals surface area contributed by atoms with Gasteiger partial charge in [-0.1, -0.05) is 23.2 Å². The highest BCUT2D eigenvalue weighted by molar-refractivity contribution is 6.33. The number of halogens is 2. The third-order valence-corrected chi connectivity index (χ3v) is 6.04. The number of aromatic nitrogens is 6. The van der Waals surface area contributed by atoms with Gasteiger partial charge in [-0.2, -0.15) is 9.90 Å². The molecule has 1 saturated heterocycles. The number of benzene rings is 1. The second-order valence-corrected chi connectivity index (χ2v) is 7.98. The lowest BCUT2D eigenvalue weighted by atomic mass is 10.2. The lowest BCUT2D eigenvalue weighted by molar-refractivity contribution is -0.132. The van der Waals surface area contributed by atoms with Crippen LogP contribution in [-0.4, -0.2) is 74.1 Å². The minimum absolute atomic E-state index is 0.0192. The fraction of sp³-hybridized carbons (Fsp3) is 0.421. The summed E-state index contributed by atoms with van der Waals surface area (Å²) in [4.78, 5) is 18.3. The Kier molecular flexibility index (Phi) is 6.01. The first-order valence-corrected chi connectivity index (χ1v) is 10.5. The van der Waals surface area contributed by atoms with Crippen molar-refractivity contribution in [2.24, 2.45) is 7.05 Å². The Morgan fingerprint density at radius 2 is 1.90 bits per heavy atom. The summed E-state index contributed by atoms with van der Waals surface area (Å²) in [6.07, 6.45) is 0. The van der Waals surface area contributed by atoms with E-state index in [-0.39, 0.29) is 12.5 Å². The van der Waals surface area contributed by atoms with Gasteiger partial charge < -0.3 is 14.5 Å². The average Bonchev–Trinajstić information content (AvgIpc) is 3.32. The molecule has 0 bridgehead atoms. The van der Waals surface area contributed by atoms with Crippen LogP contribution in [0, 0.1) is 6.92 Å². The molecular formula is C19H22Cl2N8O2. The van der Waals surface area contributed by atoms with Gasteiger partial charge in [0.15, 0.2) is 5.69 Å². The molecule has 1 amide bonds. The molecule has 3 aromatic rings. The van der Waals surface area contributed by atoms with E-state index in [9.17, 15) is 4.79 Å². The highest BCUT2D eigenvalue weighted by atomic mass is 35.5. The summed E-state index contributed by atoms with van der Waals surface area (Å²) >= 11 is 12.5. The number of ether oxygens (including phenoxy) is 1. The van der Waals surface area contributed by atoms with Gasteiger partial charge in [-0.15, -0.1) is 10.2 Å². The third-order valence-electron chi connectivity index (χ3n) is 5.27. The van der Waals surface area contributed by atoms with E-state index in [2.05, 4.69) is 25.4 Å². The van der Waals surface area contributed by atoms with Crippen LogP contribution in [0.15, 0.2) is 18.2 Å². The number of piperazine rings is 1. The Bertz CT molecular complexity index is 1100. The monoisotopic (exact) mass is 464 g/mol. The Morgan fingerprint density at radius 1 is 1.16 bits per heavy atom. The van der Waals surface area contributed by atoms with Gasteiger partial charge in [0.05, 0.1) is 29.9 Å². The van der Waals surface area contributed by atoms with Gasteiger partial charge in [0.1, 0.15) is 12.3 Å². The maximum Gasteiger partial charge on any atom is 0.244 e. The van der Waals surface area contributed by atoms with Crippen molar-refractivity contribution in [1.82, 2.24) is 34.9 Å². The van der Waals surface area contributed by atoms with Gasteiger partial charge in [0.25, 0.3) is 0 Å². The van der Waals surface area contributed by atoms with Crippen LogP contribution in [0.25, 0.3) is 11.5 Å². The van der Waals surface area contributed by atoms with Gasteiger partial charge in [0.2, 0.25) is 11.7 Å². The summed E-state index contributed by atoms with van der Waals surface area (Å²) in [6, 6.07) is 5.69. The molecule has 0 saturated carbocycles. The number of nitrogens with zero attached hydrogens (tertiary/aromatic N) is 8. The van der Waals surface area contributed by atoms with Gasteiger partial charge in [-0.25, -0.2) is 0 Å². The van der Waals surface area contributed by atoms with Crippen LogP contribution in [0.5, 0.6) is 5.75 Å². The Morgan fingerprint density at radius 3 is 2.55 bits per heavy atom. The zero-order chi connectivity index (χ0) is 22.1. The van der Waals surface area contributed by atoms with Gasteiger partial charge >= 0.3 is 0 Å². The van der Waals surface area contributed by atoms with Crippen molar-refractivity contribution in [1.29, 1.82) is 0 Å². The van der Waals surface area contributed by atoms with Crippen LogP contribution >= 0.6 is 23.2 Å². The van der Waals surface area contributed by atoms with Crippen molar-refractivity contribution in [3.63, 3.8) is 0 Å². The van der Waals surface area contributed by atoms with Gasteiger partial charge in [0, 0.05) is 37.9 Å². The summed E-state index contributed by atoms with van der Waals surface area (Å²) < 4.78 is 6.89. The Balaban J connectivity index is 1.41. The molecule has 10 nitrogen and oxygen atoms in total. The zero-order valence-corrected chi connectivity index (χ0v) is 18.9. The lowest BCUT2D eigenvalue weighted by Gasteiger charge is -2.36. The fourth-order valence-corrected chi connectivity index (χ4v) is 3.90. The molecule has 0 spiro atoms. The van der Waals surface area contributed by atoms with Crippen LogP contribution in [0.4, 0.5) is 5.69 Å². The molecule has 31 heavy (non-hydrogen) atoms. The molecule has 0 unspecified atom stereocenters. The number of hydrogen-bond acceptors (Lipinski definition) is 7. The van der Waals surface area contributed by atoms with Crippen molar-refractivity contribution < 1.29 is 9.53 Å². The van der Waals surface area contributed by atoms with Crippen LogP contribution < -0.4 is 9.64 Å². The second-order valence-electron chi connectivity index (χ2n) is 7.19. The molecule has 0 N–H and O–H groups in total. The highest BCUT2D eigenvalue weighted by Crippen LogP contribution is 2.30. The van der Waals surface area contributed by atoms with Crippen LogP contribution in [-0.2, 0) is 18.4 Å². The highest BCUT2D eigenvalue weighted by Gasteiger charge is 2.25. The summed E-state index contributed by atoms with van der Waals surface area (Å²) in [5.74, 6) is 0.945. The topological polar surface area (TPSA) is 94.2 Å². The summed E-state index contributed by atoms with van der Waals surface area (Å²) in [5, 5.41) is 17.3. The SMILES string of the molecule is COc1cc(N2CCN(C(=O)Cn3nc(-c4nnn(C)n4)c(Cl)c3C)CC2)ccc1Cl. The number of carbonyl (C=O) groups excluding carboxylic acids is 1. The molecule has 164 valence electrons. The molecule has 0 radical (unpaired) electrons. The minimum Gasteiger partial charge on any atom is -0.495 e. The molecule has 12 heteroatoms. The number of aryl methyl sites for hydroxylation is 1. The van der Waals surface area contributed by atoms with E-state index >= 15 is 0 Å². The van der Waals surface area contributed by atoms with E-state index in [1.54, 1.807) is 18.8 Å². The quantitative estimate of drug-likeness (QED) is 0.569. The van der Waals surface area contributed by atoms with Crippen molar-refractivity contribution >= 4 is 34.8 Å². The van der Waals surface area contributed by atoms with E-state index in [0.717, 1.165) is 5.69 Å². The number of tetrazole rings is 1. The number of methoxy groups -OCH3 is 1. The Labute approximate surface area is 189 Å². The normalized spacial score (nSPS) is 14.2. The fourth-order valence-electron chi connectivity index (χ4n) is 3.49. The molecule has 1 aromatic carbocycles. The molecule has 1 aliphatic rings. The van der Waals surface area contributed by atoms with Crippen molar-refractivity contribution in [2.75, 3.05) is 38.2 Å². The molecule has 2 aromatic heterocycles. The largest absolute Gasteiger partial charge is 0.495 e.